The first-order valence-electron chi connectivity index (χ1n) is 10.7. The van der Waals surface area contributed by atoms with Crippen LogP contribution in [0.4, 0.5) is 4.79 Å². The predicted octanol–water partition coefficient (Wildman–Crippen LogP) is 3.60. The van der Waals surface area contributed by atoms with Crippen LogP contribution in [-0.2, 0) is 16.1 Å². The average Bonchev–Trinajstić information content (AvgIpc) is 3.27. The molecule has 4 aliphatic carbocycles. The van der Waals surface area contributed by atoms with Gasteiger partial charge in [0.1, 0.15) is 6.54 Å². The molecule has 7 rings (SSSR count). The number of amides is 4. The van der Waals surface area contributed by atoms with Crippen molar-refractivity contribution in [3.05, 3.63) is 42.4 Å². The molecule has 2 aromatic rings. The van der Waals surface area contributed by atoms with Crippen LogP contribution in [0.1, 0.15) is 44.4 Å². The number of hydrogen-bond acceptors (Lipinski definition) is 5. The SMILES string of the molecule is O=C1C(=O)N(C23CC4CC(CC(C4)C2)C3)C(=O)N1Cc1ncc(-c2ccccc2)o1. The molecule has 0 radical (unpaired) electrons. The Morgan fingerprint density at radius 1 is 0.933 bits per heavy atom. The number of imide groups is 2. The van der Waals surface area contributed by atoms with Gasteiger partial charge in [-0.2, -0.15) is 0 Å². The van der Waals surface area contributed by atoms with Crippen LogP contribution in [0.2, 0.25) is 0 Å². The molecule has 4 amide bonds. The molecule has 5 fully saturated rings. The Balaban J connectivity index is 1.26. The normalized spacial score (nSPS) is 32.5. The molecule has 1 saturated heterocycles. The lowest BCUT2D eigenvalue weighted by Crippen LogP contribution is -2.61. The van der Waals surface area contributed by atoms with E-state index in [0.29, 0.717) is 23.5 Å². The highest BCUT2D eigenvalue weighted by Crippen LogP contribution is 2.58. The van der Waals surface area contributed by atoms with Crippen molar-refractivity contribution in [2.24, 2.45) is 17.8 Å². The average molecular weight is 405 g/mol. The monoisotopic (exact) mass is 405 g/mol. The molecule has 1 aromatic carbocycles. The van der Waals surface area contributed by atoms with Crippen LogP contribution < -0.4 is 0 Å². The van der Waals surface area contributed by atoms with Gasteiger partial charge in [-0.1, -0.05) is 30.3 Å². The van der Waals surface area contributed by atoms with E-state index in [0.717, 1.165) is 29.7 Å². The highest BCUT2D eigenvalue weighted by atomic mass is 16.4. The van der Waals surface area contributed by atoms with Crippen LogP contribution in [-0.4, -0.2) is 38.2 Å². The topological polar surface area (TPSA) is 83.7 Å². The number of benzene rings is 1. The van der Waals surface area contributed by atoms with Crippen LogP contribution in [0.3, 0.4) is 0 Å². The van der Waals surface area contributed by atoms with E-state index in [4.69, 9.17) is 4.42 Å². The zero-order chi connectivity index (χ0) is 20.5. The molecule has 0 atom stereocenters. The number of hydrogen-bond donors (Lipinski definition) is 0. The highest BCUT2D eigenvalue weighted by molar-refractivity contribution is 6.44. The molecule has 7 nitrogen and oxygen atoms in total. The van der Waals surface area contributed by atoms with Gasteiger partial charge in [0.05, 0.1) is 11.7 Å². The van der Waals surface area contributed by atoms with E-state index in [1.54, 1.807) is 6.20 Å². The van der Waals surface area contributed by atoms with Crippen LogP contribution in [0, 0.1) is 17.8 Å². The molecular weight excluding hydrogens is 382 g/mol. The van der Waals surface area contributed by atoms with Gasteiger partial charge in [-0.05, 0) is 56.3 Å². The van der Waals surface area contributed by atoms with E-state index in [1.807, 2.05) is 30.3 Å². The first-order valence-corrected chi connectivity index (χ1v) is 10.7. The minimum Gasteiger partial charge on any atom is -0.439 e. The first kappa shape index (κ1) is 17.9. The van der Waals surface area contributed by atoms with Crippen molar-refractivity contribution in [2.75, 3.05) is 0 Å². The summed E-state index contributed by atoms with van der Waals surface area (Å²) in [6.45, 7) is -0.126. The second-order valence-corrected chi connectivity index (χ2v) is 9.44. The largest absolute Gasteiger partial charge is 0.439 e. The lowest BCUT2D eigenvalue weighted by Gasteiger charge is -2.58. The summed E-state index contributed by atoms with van der Waals surface area (Å²) in [5.41, 5.74) is 0.389. The zero-order valence-corrected chi connectivity index (χ0v) is 16.6. The Kier molecular flexibility index (Phi) is 3.73. The summed E-state index contributed by atoms with van der Waals surface area (Å²) in [4.78, 5) is 45.5. The maximum atomic E-state index is 13.3. The molecule has 30 heavy (non-hydrogen) atoms. The van der Waals surface area contributed by atoms with Gasteiger partial charge >= 0.3 is 17.8 Å². The van der Waals surface area contributed by atoms with Crippen LogP contribution in [0.15, 0.2) is 40.9 Å². The van der Waals surface area contributed by atoms with Gasteiger partial charge in [-0.15, -0.1) is 0 Å². The summed E-state index contributed by atoms with van der Waals surface area (Å²) in [6, 6.07) is 8.99. The fourth-order valence-electron chi connectivity index (χ4n) is 6.66. The van der Waals surface area contributed by atoms with Crippen molar-refractivity contribution in [2.45, 2.75) is 50.6 Å². The molecule has 4 bridgehead atoms. The number of carbonyl (C=O) groups is 3. The number of nitrogens with zero attached hydrogens (tertiary/aromatic N) is 3. The van der Waals surface area contributed by atoms with Gasteiger partial charge in [0, 0.05) is 5.56 Å². The Bertz CT molecular complexity index is 1010. The van der Waals surface area contributed by atoms with Gasteiger partial charge in [0.25, 0.3) is 0 Å². The molecular formula is C23H23N3O4. The molecule has 1 aromatic heterocycles. The van der Waals surface area contributed by atoms with Crippen LogP contribution >= 0.6 is 0 Å². The van der Waals surface area contributed by atoms with E-state index in [-0.39, 0.29) is 12.4 Å². The van der Waals surface area contributed by atoms with E-state index >= 15 is 0 Å². The summed E-state index contributed by atoms with van der Waals surface area (Å²) in [5.74, 6) is 1.07. The third-order valence-corrected chi connectivity index (χ3v) is 7.44. The summed E-state index contributed by atoms with van der Waals surface area (Å²) in [6.07, 6.45) is 7.70. The summed E-state index contributed by atoms with van der Waals surface area (Å²) in [5, 5.41) is 0. The summed E-state index contributed by atoms with van der Waals surface area (Å²) >= 11 is 0. The Labute approximate surface area is 174 Å². The lowest BCUT2D eigenvalue weighted by atomic mass is 9.52. The van der Waals surface area contributed by atoms with Crippen molar-refractivity contribution in [1.82, 2.24) is 14.8 Å². The van der Waals surface area contributed by atoms with Crippen molar-refractivity contribution in [3.63, 3.8) is 0 Å². The van der Waals surface area contributed by atoms with Gasteiger partial charge in [-0.25, -0.2) is 19.6 Å². The van der Waals surface area contributed by atoms with Crippen molar-refractivity contribution in [1.29, 1.82) is 0 Å². The minimum atomic E-state index is -0.768. The molecule has 5 aliphatic rings. The Morgan fingerprint density at radius 2 is 1.57 bits per heavy atom. The predicted molar refractivity (Wildman–Crippen MR) is 106 cm³/mol. The Hall–Kier alpha value is -2.96. The van der Waals surface area contributed by atoms with Gasteiger partial charge in [0.2, 0.25) is 5.89 Å². The first-order chi connectivity index (χ1) is 14.5. The highest BCUT2D eigenvalue weighted by Gasteiger charge is 2.61. The third kappa shape index (κ3) is 2.57. The van der Waals surface area contributed by atoms with E-state index in [1.165, 1.54) is 24.2 Å². The molecule has 2 heterocycles. The fourth-order valence-corrected chi connectivity index (χ4v) is 6.66. The van der Waals surface area contributed by atoms with E-state index in [9.17, 15) is 14.4 Å². The maximum Gasteiger partial charge on any atom is 0.335 e. The van der Waals surface area contributed by atoms with Gasteiger partial charge in [0.15, 0.2) is 5.76 Å². The van der Waals surface area contributed by atoms with Gasteiger partial charge in [-0.3, -0.25) is 9.59 Å². The van der Waals surface area contributed by atoms with Crippen LogP contribution in [0.25, 0.3) is 11.3 Å². The molecule has 1 aliphatic heterocycles. The smallest absolute Gasteiger partial charge is 0.335 e. The summed E-state index contributed by atoms with van der Waals surface area (Å²) in [7, 11) is 0. The van der Waals surface area contributed by atoms with Crippen LogP contribution in [0.5, 0.6) is 0 Å². The molecule has 0 N–H and O–H groups in total. The number of rotatable bonds is 4. The molecule has 0 unspecified atom stereocenters. The minimum absolute atomic E-state index is 0.126. The molecule has 7 heteroatoms. The lowest BCUT2D eigenvalue weighted by molar-refractivity contribution is -0.150. The van der Waals surface area contributed by atoms with Gasteiger partial charge < -0.3 is 4.42 Å². The number of oxazole rings is 1. The Morgan fingerprint density at radius 3 is 2.20 bits per heavy atom. The fraction of sp³-hybridized carbons (Fsp3) is 0.478. The summed E-state index contributed by atoms with van der Waals surface area (Å²) < 4.78 is 5.76. The number of urea groups is 1. The molecule has 154 valence electrons. The maximum absolute atomic E-state index is 13.3. The van der Waals surface area contributed by atoms with Crippen molar-refractivity contribution < 1.29 is 18.8 Å². The molecule has 4 saturated carbocycles. The third-order valence-electron chi connectivity index (χ3n) is 7.44. The second-order valence-electron chi connectivity index (χ2n) is 9.44. The molecule has 0 spiro atoms. The second kappa shape index (κ2) is 6.27. The van der Waals surface area contributed by atoms with E-state index < -0.39 is 23.4 Å². The van der Waals surface area contributed by atoms with Crippen molar-refractivity contribution in [3.8, 4) is 11.3 Å². The standard InChI is InChI=1S/C23H23N3O4/c27-20-21(28)26(23-9-14-6-15(10-23)8-16(7-14)11-23)22(29)25(20)13-19-24-12-18(30-19)17-4-2-1-3-5-17/h1-5,12,14-16H,6-11,13H2. The zero-order valence-electron chi connectivity index (χ0n) is 16.6. The van der Waals surface area contributed by atoms with E-state index in [2.05, 4.69) is 4.98 Å². The quantitative estimate of drug-likeness (QED) is 0.573. The van der Waals surface area contributed by atoms with Crippen molar-refractivity contribution >= 4 is 17.8 Å². The number of aromatic nitrogens is 1. The number of carbonyl (C=O) groups excluding carboxylic acids is 3.